The third kappa shape index (κ3) is 4.45. The third-order valence-electron chi connectivity index (χ3n) is 5.25. The van der Waals surface area contributed by atoms with Crippen molar-refractivity contribution >= 4 is 17.2 Å². The number of anilines is 1. The second-order valence-electron chi connectivity index (χ2n) is 7.55. The molecule has 0 bridgehead atoms. The van der Waals surface area contributed by atoms with Gasteiger partial charge in [0.2, 0.25) is 0 Å². The zero-order chi connectivity index (χ0) is 23.5. The van der Waals surface area contributed by atoms with Gasteiger partial charge in [0.15, 0.2) is 0 Å². The van der Waals surface area contributed by atoms with Crippen molar-refractivity contribution in [1.82, 2.24) is 9.38 Å². The number of nitrogens with one attached hydrogen (secondary N) is 1. The zero-order valence-corrected chi connectivity index (χ0v) is 18.2. The number of fused-ring (bicyclic) bond motifs is 1. The van der Waals surface area contributed by atoms with E-state index in [1.54, 1.807) is 37.4 Å². The summed E-state index contributed by atoms with van der Waals surface area (Å²) in [7, 11) is 1.55. The van der Waals surface area contributed by atoms with Gasteiger partial charge < -0.3 is 19.2 Å². The van der Waals surface area contributed by atoms with Crippen molar-refractivity contribution in [2.24, 2.45) is 0 Å². The van der Waals surface area contributed by atoms with Crippen molar-refractivity contribution in [1.29, 1.82) is 0 Å². The van der Waals surface area contributed by atoms with E-state index in [4.69, 9.17) is 9.47 Å². The topological polar surface area (TPSA) is 64.9 Å². The lowest BCUT2D eigenvalue weighted by Crippen LogP contribution is -2.12. The van der Waals surface area contributed by atoms with Crippen molar-refractivity contribution in [3.8, 4) is 28.5 Å². The van der Waals surface area contributed by atoms with Crippen LogP contribution in [0.3, 0.4) is 0 Å². The Morgan fingerprint density at radius 3 is 2.59 bits per heavy atom. The number of nitrogens with zero attached hydrogens (tertiary/aromatic N) is 2. The Balaban J connectivity index is 1.39. The van der Waals surface area contributed by atoms with Crippen LogP contribution < -0.4 is 14.8 Å². The molecule has 7 heteroatoms. The Labute approximate surface area is 195 Å². The van der Waals surface area contributed by atoms with Gasteiger partial charge in [-0.25, -0.2) is 9.37 Å². The highest BCUT2D eigenvalue weighted by Crippen LogP contribution is 2.31. The lowest BCUT2D eigenvalue weighted by Gasteiger charge is -2.12. The molecule has 2 heterocycles. The van der Waals surface area contributed by atoms with E-state index in [9.17, 15) is 9.18 Å². The monoisotopic (exact) mass is 453 g/mol. The molecule has 34 heavy (non-hydrogen) atoms. The molecule has 0 aliphatic heterocycles. The Bertz CT molecular complexity index is 1450. The zero-order valence-electron chi connectivity index (χ0n) is 18.2. The van der Waals surface area contributed by atoms with Crippen molar-refractivity contribution in [3.63, 3.8) is 0 Å². The first-order valence-electron chi connectivity index (χ1n) is 10.6. The second kappa shape index (κ2) is 9.07. The number of benzene rings is 3. The minimum absolute atomic E-state index is 0.324. The fourth-order valence-electron chi connectivity index (χ4n) is 3.57. The van der Waals surface area contributed by atoms with Gasteiger partial charge in [0, 0.05) is 23.5 Å². The molecule has 0 unspecified atom stereocenters. The van der Waals surface area contributed by atoms with Crippen LogP contribution in [0, 0.1) is 5.82 Å². The first-order valence-corrected chi connectivity index (χ1v) is 10.6. The highest BCUT2D eigenvalue weighted by atomic mass is 19.1. The van der Waals surface area contributed by atoms with E-state index in [2.05, 4.69) is 10.3 Å². The number of imidazole rings is 1. The maximum Gasteiger partial charge on any atom is 0.255 e. The molecular formula is C27H20FN3O3. The highest BCUT2D eigenvalue weighted by molar-refractivity contribution is 6.05. The summed E-state index contributed by atoms with van der Waals surface area (Å²) in [5.74, 6) is 0.792. The van der Waals surface area contributed by atoms with Crippen LogP contribution in [0.25, 0.3) is 16.9 Å². The Hall–Kier alpha value is -4.65. The lowest BCUT2D eigenvalue weighted by atomic mass is 10.1. The van der Waals surface area contributed by atoms with Gasteiger partial charge in [0.25, 0.3) is 5.91 Å². The summed E-state index contributed by atoms with van der Waals surface area (Å²) in [6.45, 7) is 0. The number of hydrogen-bond acceptors (Lipinski definition) is 4. The molecule has 168 valence electrons. The van der Waals surface area contributed by atoms with Gasteiger partial charge in [-0.2, -0.15) is 0 Å². The number of aromatic nitrogens is 2. The van der Waals surface area contributed by atoms with Crippen molar-refractivity contribution in [3.05, 3.63) is 109 Å². The van der Waals surface area contributed by atoms with Gasteiger partial charge in [-0.1, -0.05) is 12.1 Å². The minimum Gasteiger partial charge on any atom is -0.495 e. The molecule has 0 spiro atoms. The first-order chi connectivity index (χ1) is 16.6. The summed E-state index contributed by atoms with van der Waals surface area (Å²) in [6, 6.07) is 23.7. The minimum atomic E-state index is -0.347. The van der Waals surface area contributed by atoms with Gasteiger partial charge in [-0.05, 0) is 72.8 Å². The first kappa shape index (κ1) is 21.2. The molecule has 5 aromatic rings. The molecule has 0 aliphatic carbocycles. The van der Waals surface area contributed by atoms with E-state index in [-0.39, 0.29) is 11.7 Å². The molecular weight excluding hydrogens is 433 g/mol. The summed E-state index contributed by atoms with van der Waals surface area (Å²) < 4.78 is 26.3. The third-order valence-corrected chi connectivity index (χ3v) is 5.25. The van der Waals surface area contributed by atoms with E-state index in [0.29, 0.717) is 28.5 Å². The Kier molecular flexibility index (Phi) is 5.66. The molecule has 1 N–H and O–H groups in total. The molecule has 1 amide bonds. The van der Waals surface area contributed by atoms with E-state index < -0.39 is 0 Å². The summed E-state index contributed by atoms with van der Waals surface area (Å²) in [5, 5.41) is 2.92. The maximum absolute atomic E-state index is 13.1. The number of carbonyl (C=O) groups excluding carboxylic acids is 1. The van der Waals surface area contributed by atoms with Crippen LogP contribution in [0.5, 0.6) is 17.2 Å². The SMILES string of the molecule is COc1ccc(-c2cn3ccccc3n2)cc1NC(=O)c1cccc(Oc2ccc(F)cc2)c1. The van der Waals surface area contributed by atoms with Crippen molar-refractivity contribution in [2.45, 2.75) is 0 Å². The normalized spacial score (nSPS) is 10.8. The fourth-order valence-corrected chi connectivity index (χ4v) is 3.57. The number of halogens is 1. The van der Waals surface area contributed by atoms with Crippen LogP contribution in [-0.2, 0) is 0 Å². The number of ether oxygens (including phenoxy) is 2. The molecule has 3 aromatic carbocycles. The quantitative estimate of drug-likeness (QED) is 0.333. The van der Waals surface area contributed by atoms with Crippen LogP contribution >= 0.6 is 0 Å². The van der Waals surface area contributed by atoms with Crippen molar-refractivity contribution in [2.75, 3.05) is 12.4 Å². The second-order valence-corrected chi connectivity index (χ2v) is 7.55. The number of rotatable bonds is 6. The smallest absolute Gasteiger partial charge is 0.255 e. The number of methoxy groups -OCH3 is 1. The highest BCUT2D eigenvalue weighted by Gasteiger charge is 2.14. The Morgan fingerprint density at radius 2 is 1.79 bits per heavy atom. The number of carbonyl (C=O) groups is 1. The molecule has 0 aliphatic rings. The van der Waals surface area contributed by atoms with E-state index in [1.807, 2.05) is 47.1 Å². The van der Waals surface area contributed by atoms with E-state index in [1.165, 1.54) is 24.3 Å². The average molecular weight is 453 g/mol. The summed E-state index contributed by atoms with van der Waals surface area (Å²) in [6.07, 6.45) is 3.86. The molecule has 0 fully saturated rings. The van der Waals surface area contributed by atoms with Crippen molar-refractivity contribution < 1.29 is 18.7 Å². The van der Waals surface area contributed by atoms with Crippen LogP contribution in [0.4, 0.5) is 10.1 Å². The van der Waals surface area contributed by atoms with Crippen LogP contribution in [0.1, 0.15) is 10.4 Å². The predicted octanol–water partition coefficient (Wildman–Crippen LogP) is 6.19. The molecule has 2 aromatic heterocycles. The molecule has 0 radical (unpaired) electrons. The van der Waals surface area contributed by atoms with Gasteiger partial charge in [-0.15, -0.1) is 0 Å². The average Bonchev–Trinajstić information content (AvgIpc) is 3.30. The van der Waals surface area contributed by atoms with E-state index >= 15 is 0 Å². The molecule has 6 nitrogen and oxygen atoms in total. The molecule has 5 rings (SSSR count). The maximum atomic E-state index is 13.1. The molecule has 0 saturated carbocycles. The van der Waals surface area contributed by atoms with Crippen LogP contribution in [-0.4, -0.2) is 22.4 Å². The lowest BCUT2D eigenvalue weighted by molar-refractivity contribution is 0.102. The summed E-state index contributed by atoms with van der Waals surface area (Å²) >= 11 is 0. The molecule has 0 saturated heterocycles. The van der Waals surface area contributed by atoms with Gasteiger partial charge >= 0.3 is 0 Å². The Morgan fingerprint density at radius 1 is 0.941 bits per heavy atom. The van der Waals surface area contributed by atoms with Crippen LogP contribution in [0.2, 0.25) is 0 Å². The van der Waals surface area contributed by atoms with Gasteiger partial charge in [0.1, 0.15) is 28.7 Å². The number of hydrogen-bond donors (Lipinski definition) is 1. The number of amides is 1. The molecule has 0 atom stereocenters. The standard InChI is InChI=1S/C27H20FN3O3/c1-33-25-13-8-18(24-17-31-14-3-2-7-26(31)29-24)16-23(25)30-27(32)19-5-4-6-22(15-19)34-21-11-9-20(28)10-12-21/h2-17H,1H3,(H,30,32). The van der Waals surface area contributed by atoms with Gasteiger partial charge in [0.05, 0.1) is 18.5 Å². The van der Waals surface area contributed by atoms with Crippen LogP contribution in [0.15, 0.2) is 97.3 Å². The largest absolute Gasteiger partial charge is 0.495 e. The van der Waals surface area contributed by atoms with E-state index in [0.717, 1.165) is 16.9 Å². The fraction of sp³-hybridized carbons (Fsp3) is 0.0370. The summed E-state index contributed by atoms with van der Waals surface area (Å²) in [4.78, 5) is 17.7. The summed E-state index contributed by atoms with van der Waals surface area (Å²) in [5.41, 5.74) is 3.37. The predicted molar refractivity (Wildman–Crippen MR) is 128 cm³/mol. The number of pyridine rings is 1. The van der Waals surface area contributed by atoms with Gasteiger partial charge in [-0.3, -0.25) is 4.79 Å².